The van der Waals surface area contributed by atoms with Crippen LogP contribution in [0.15, 0.2) is 18.2 Å². The lowest BCUT2D eigenvalue weighted by molar-refractivity contribution is 0.255. The molecule has 0 aliphatic carbocycles. The maximum atomic E-state index is 13.1. The lowest BCUT2D eigenvalue weighted by Gasteiger charge is -2.24. The monoisotopic (exact) mass is 254 g/mol. The van der Waals surface area contributed by atoms with Crippen LogP contribution in [-0.2, 0) is 6.42 Å². The fraction of sp³-hybridized carbons (Fsp3) is 0.571. The lowest BCUT2D eigenvalue weighted by Crippen LogP contribution is -2.35. The number of rotatable bonds is 3. The maximum Gasteiger partial charge on any atom is 0.126 e. The second-order valence-electron chi connectivity index (χ2n) is 4.83. The van der Waals surface area contributed by atoms with Crippen LogP contribution < -0.4 is 5.32 Å². The first kappa shape index (κ1) is 13.4. The summed E-state index contributed by atoms with van der Waals surface area (Å²) in [5.74, 6) is -0.969. The van der Waals surface area contributed by atoms with Crippen LogP contribution in [0.1, 0.15) is 18.4 Å². The largest absolute Gasteiger partial charge is 0.317 e. The van der Waals surface area contributed by atoms with Crippen LogP contribution in [0.5, 0.6) is 0 Å². The zero-order valence-electron chi connectivity index (χ0n) is 10.6. The van der Waals surface area contributed by atoms with Gasteiger partial charge in [-0.15, -0.1) is 0 Å². The molecule has 1 N–H and O–H groups in total. The third-order valence-electron chi connectivity index (χ3n) is 3.29. The third kappa shape index (κ3) is 4.35. The molecule has 2 rings (SSSR count). The van der Waals surface area contributed by atoms with E-state index in [0.717, 1.165) is 57.2 Å². The summed E-state index contributed by atoms with van der Waals surface area (Å²) in [4.78, 5) is 2.38. The molecule has 0 aromatic heterocycles. The zero-order chi connectivity index (χ0) is 12.8. The van der Waals surface area contributed by atoms with E-state index in [-0.39, 0.29) is 0 Å². The highest BCUT2D eigenvalue weighted by molar-refractivity contribution is 5.18. The van der Waals surface area contributed by atoms with Gasteiger partial charge in [-0.2, -0.15) is 0 Å². The minimum atomic E-state index is -0.484. The van der Waals surface area contributed by atoms with E-state index in [1.54, 1.807) is 0 Å². The predicted octanol–water partition coefficient (Wildman–Crippen LogP) is 2.19. The maximum absolute atomic E-state index is 13.1. The van der Waals surface area contributed by atoms with E-state index in [0.29, 0.717) is 6.42 Å². The van der Waals surface area contributed by atoms with Gasteiger partial charge in [-0.3, -0.25) is 0 Å². The van der Waals surface area contributed by atoms with E-state index < -0.39 is 11.6 Å². The first-order valence-corrected chi connectivity index (χ1v) is 6.62. The van der Waals surface area contributed by atoms with Crippen LogP contribution in [0.3, 0.4) is 0 Å². The van der Waals surface area contributed by atoms with Gasteiger partial charge >= 0.3 is 0 Å². The first-order chi connectivity index (χ1) is 8.74. The molecular formula is C14H20F2N2. The Morgan fingerprint density at radius 3 is 2.22 bits per heavy atom. The van der Waals surface area contributed by atoms with E-state index in [4.69, 9.17) is 0 Å². The van der Waals surface area contributed by atoms with Crippen molar-refractivity contribution in [1.82, 2.24) is 10.2 Å². The molecule has 1 aliphatic rings. The van der Waals surface area contributed by atoms with Crippen LogP contribution >= 0.6 is 0 Å². The van der Waals surface area contributed by atoms with Gasteiger partial charge in [0.25, 0.3) is 0 Å². The first-order valence-electron chi connectivity index (χ1n) is 6.62. The van der Waals surface area contributed by atoms with Crippen molar-refractivity contribution in [2.45, 2.75) is 19.3 Å². The molecule has 4 heteroatoms. The number of nitrogens with one attached hydrogen (secondary N) is 1. The molecule has 0 amide bonds. The molecule has 0 bridgehead atoms. The summed E-state index contributed by atoms with van der Waals surface area (Å²) in [6.07, 6.45) is 2.98. The Labute approximate surface area is 107 Å². The summed E-state index contributed by atoms with van der Waals surface area (Å²) in [5.41, 5.74) is 0.743. The Hall–Kier alpha value is -1.00. The van der Waals surface area contributed by atoms with Gasteiger partial charge in [0, 0.05) is 12.6 Å². The van der Waals surface area contributed by atoms with Crippen LogP contribution in [0.2, 0.25) is 0 Å². The van der Waals surface area contributed by atoms with Crippen molar-refractivity contribution in [3.63, 3.8) is 0 Å². The Bertz CT molecular complexity index is 354. The molecule has 1 saturated heterocycles. The van der Waals surface area contributed by atoms with Gasteiger partial charge in [0.2, 0.25) is 0 Å². The average molecular weight is 254 g/mol. The Morgan fingerprint density at radius 2 is 1.61 bits per heavy atom. The highest BCUT2D eigenvalue weighted by Gasteiger charge is 2.08. The molecule has 0 radical (unpaired) electrons. The van der Waals surface area contributed by atoms with Crippen molar-refractivity contribution in [3.8, 4) is 0 Å². The normalized spacial score (nSPS) is 18.3. The predicted molar refractivity (Wildman–Crippen MR) is 68.6 cm³/mol. The topological polar surface area (TPSA) is 15.3 Å². The van der Waals surface area contributed by atoms with Gasteiger partial charge < -0.3 is 10.2 Å². The summed E-state index contributed by atoms with van der Waals surface area (Å²) in [6.45, 7) is 5.12. The second kappa shape index (κ2) is 6.81. The summed E-state index contributed by atoms with van der Waals surface area (Å²) in [7, 11) is 0. The van der Waals surface area contributed by atoms with Crippen LogP contribution in [-0.4, -0.2) is 37.6 Å². The molecule has 1 fully saturated rings. The van der Waals surface area contributed by atoms with E-state index in [1.165, 1.54) is 12.1 Å². The van der Waals surface area contributed by atoms with Crippen LogP contribution in [0.4, 0.5) is 8.78 Å². The van der Waals surface area contributed by atoms with E-state index in [2.05, 4.69) is 10.2 Å². The highest BCUT2D eigenvalue weighted by atomic mass is 19.1. The number of hydrogen-bond acceptors (Lipinski definition) is 2. The van der Waals surface area contributed by atoms with Crippen molar-refractivity contribution in [2.24, 2.45) is 0 Å². The van der Waals surface area contributed by atoms with E-state index in [9.17, 15) is 8.78 Å². The fourth-order valence-electron chi connectivity index (χ4n) is 2.36. The zero-order valence-corrected chi connectivity index (χ0v) is 10.6. The van der Waals surface area contributed by atoms with Crippen molar-refractivity contribution in [3.05, 3.63) is 35.4 Å². The van der Waals surface area contributed by atoms with E-state index >= 15 is 0 Å². The van der Waals surface area contributed by atoms with Crippen molar-refractivity contribution >= 4 is 0 Å². The van der Waals surface area contributed by atoms with Gasteiger partial charge in [-0.1, -0.05) is 0 Å². The number of nitrogens with zero attached hydrogens (tertiary/aromatic N) is 1. The summed E-state index contributed by atoms with van der Waals surface area (Å²) >= 11 is 0. The molecule has 0 unspecified atom stereocenters. The molecule has 1 aromatic carbocycles. The third-order valence-corrected chi connectivity index (χ3v) is 3.29. The molecule has 0 atom stereocenters. The SMILES string of the molecule is Fc1cc(F)cc(CCN2CCCNCCC2)c1. The molecule has 1 heterocycles. The molecular weight excluding hydrogens is 234 g/mol. The van der Waals surface area contributed by atoms with Crippen LogP contribution in [0.25, 0.3) is 0 Å². The summed E-state index contributed by atoms with van der Waals surface area (Å²) < 4.78 is 26.1. The highest BCUT2D eigenvalue weighted by Crippen LogP contribution is 2.09. The van der Waals surface area contributed by atoms with Crippen molar-refractivity contribution < 1.29 is 8.78 Å². The smallest absolute Gasteiger partial charge is 0.126 e. The van der Waals surface area contributed by atoms with Gasteiger partial charge in [0.15, 0.2) is 0 Å². The quantitative estimate of drug-likeness (QED) is 0.889. The standard InChI is InChI=1S/C14H20F2N2/c15-13-9-12(10-14(16)11-13)3-8-18-6-1-4-17-5-2-7-18/h9-11,17H,1-8H2. The molecule has 0 saturated carbocycles. The minimum Gasteiger partial charge on any atom is -0.317 e. The molecule has 0 spiro atoms. The molecule has 1 aromatic rings. The molecule has 100 valence electrons. The van der Waals surface area contributed by atoms with Crippen LogP contribution in [0, 0.1) is 11.6 Å². The Kier molecular flexibility index (Phi) is 5.08. The Balaban J connectivity index is 1.85. The van der Waals surface area contributed by atoms with Gasteiger partial charge in [-0.05, 0) is 63.1 Å². The second-order valence-corrected chi connectivity index (χ2v) is 4.83. The number of hydrogen-bond donors (Lipinski definition) is 1. The average Bonchev–Trinajstić information content (AvgIpc) is 2.26. The number of benzene rings is 1. The van der Waals surface area contributed by atoms with Gasteiger partial charge in [0.05, 0.1) is 0 Å². The van der Waals surface area contributed by atoms with E-state index in [1.807, 2.05) is 0 Å². The number of halogens is 2. The summed E-state index contributed by atoms with van der Waals surface area (Å²) in [6, 6.07) is 3.77. The van der Waals surface area contributed by atoms with Crippen molar-refractivity contribution in [2.75, 3.05) is 32.7 Å². The lowest BCUT2D eigenvalue weighted by atomic mass is 10.1. The minimum absolute atomic E-state index is 0.484. The molecule has 1 aliphatic heterocycles. The van der Waals surface area contributed by atoms with Gasteiger partial charge in [0.1, 0.15) is 11.6 Å². The van der Waals surface area contributed by atoms with Gasteiger partial charge in [-0.25, -0.2) is 8.78 Å². The Morgan fingerprint density at radius 1 is 1.00 bits per heavy atom. The molecule has 2 nitrogen and oxygen atoms in total. The van der Waals surface area contributed by atoms with Crippen molar-refractivity contribution in [1.29, 1.82) is 0 Å². The fourth-order valence-corrected chi connectivity index (χ4v) is 2.36. The molecule has 18 heavy (non-hydrogen) atoms. The summed E-state index contributed by atoms with van der Waals surface area (Å²) in [5, 5.41) is 3.37.